The molecule has 0 radical (unpaired) electrons. The van der Waals surface area contributed by atoms with Crippen molar-refractivity contribution < 1.29 is 14.3 Å². The zero-order valence-corrected chi connectivity index (χ0v) is 19.9. The SMILES string of the molecule is CCNC(=O)[C@@H](C)NC(=O)C(C)(C)c1ccc2nc(C[C@@H]3c4ccccc4O[C@@H]3C)[nH]c2c1. The number of hydrogen-bond donors (Lipinski definition) is 3. The van der Waals surface area contributed by atoms with Crippen molar-refractivity contribution in [3.05, 3.63) is 59.4 Å². The molecule has 0 aliphatic carbocycles. The Morgan fingerprint density at radius 1 is 1.21 bits per heavy atom. The van der Waals surface area contributed by atoms with Crippen LogP contribution in [0.1, 0.15) is 57.5 Å². The van der Waals surface area contributed by atoms with Crippen LogP contribution in [0.2, 0.25) is 0 Å². The molecule has 3 N–H and O–H groups in total. The smallest absolute Gasteiger partial charge is 0.242 e. The second-order valence-electron chi connectivity index (χ2n) is 9.30. The molecule has 174 valence electrons. The topological polar surface area (TPSA) is 96.1 Å². The minimum absolute atomic E-state index is 0.0840. The molecule has 4 rings (SSSR count). The van der Waals surface area contributed by atoms with Gasteiger partial charge in [0.05, 0.1) is 16.4 Å². The van der Waals surface area contributed by atoms with Crippen LogP contribution in [0.3, 0.4) is 0 Å². The molecule has 3 aromatic rings. The molecule has 7 nitrogen and oxygen atoms in total. The quantitative estimate of drug-likeness (QED) is 0.515. The Balaban J connectivity index is 1.53. The third kappa shape index (κ3) is 4.45. The van der Waals surface area contributed by atoms with Gasteiger partial charge in [0.2, 0.25) is 11.8 Å². The Kier molecular flexibility index (Phi) is 6.15. The number of hydrogen-bond acceptors (Lipinski definition) is 4. The van der Waals surface area contributed by atoms with Gasteiger partial charge in [0.1, 0.15) is 23.7 Å². The van der Waals surface area contributed by atoms with E-state index >= 15 is 0 Å². The van der Waals surface area contributed by atoms with Gasteiger partial charge in [-0.25, -0.2) is 4.98 Å². The second-order valence-corrected chi connectivity index (χ2v) is 9.30. The fraction of sp³-hybridized carbons (Fsp3) is 0.423. The van der Waals surface area contributed by atoms with Gasteiger partial charge < -0.3 is 20.4 Å². The number of nitrogens with zero attached hydrogens (tertiary/aromatic N) is 1. The lowest BCUT2D eigenvalue weighted by Gasteiger charge is -2.26. The maximum atomic E-state index is 13.0. The van der Waals surface area contributed by atoms with Gasteiger partial charge in [-0.05, 0) is 58.4 Å². The van der Waals surface area contributed by atoms with Crippen LogP contribution in [0.4, 0.5) is 0 Å². The summed E-state index contributed by atoms with van der Waals surface area (Å²) in [4.78, 5) is 33.2. The van der Waals surface area contributed by atoms with Crippen LogP contribution in [0.25, 0.3) is 11.0 Å². The van der Waals surface area contributed by atoms with Crippen LogP contribution < -0.4 is 15.4 Å². The van der Waals surface area contributed by atoms with E-state index < -0.39 is 11.5 Å². The molecule has 1 aromatic heterocycles. The number of amides is 2. The highest BCUT2D eigenvalue weighted by Gasteiger charge is 2.33. The summed E-state index contributed by atoms with van der Waals surface area (Å²) >= 11 is 0. The van der Waals surface area contributed by atoms with Crippen molar-refractivity contribution >= 4 is 22.8 Å². The summed E-state index contributed by atoms with van der Waals surface area (Å²) in [6, 6.07) is 13.4. The van der Waals surface area contributed by atoms with E-state index in [0.29, 0.717) is 6.54 Å². The predicted octanol–water partition coefficient (Wildman–Crippen LogP) is 3.59. The van der Waals surface area contributed by atoms with Crippen LogP contribution in [0, 0.1) is 0 Å². The maximum absolute atomic E-state index is 13.0. The Bertz CT molecular complexity index is 1180. The highest BCUT2D eigenvalue weighted by atomic mass is 16.5. The van der Waals surface area contributed by atoms with Crippen LogP contribution in [-0.4, -0.2) is 40.5 Å². The lowest BCUT2D eigenvalue weighted by molar-refractivity contribution is -0.131. The largest absolute Gasteiger partial charge is 0.490 e. The molecule has 0 saturated heterocycles. The van der Waals surface area contributed by atoms with Crippen molar-refractivity contribution in [2.45, 2.75) is 64.5 Å². The van der Waals surface area contributed by atoms with E-state index in [4.69, 9.17) is 9.72 Å². The Morgan fingerprint density at radius 2 is 1.97 bits per heavy atom. The average Bonchev–Trinajstić information content (AvgIpc) is 3.33. The molecule has 7 heteroatoms. The number of fused-ring (bicyclic) bond motifs is 2. The third-order valence-corrected chi connectivity index (χ3v) is 6.52. The molecule has 0 unspecified atom stereocenters. The van der Waals surface area contributed by atoms with Gasteiger partial charge in [-0.1, -0.05) is 24.3 Å². The van der Waals surface area contributed by atoms with Crippen molar-refractivity contribution in [3.63, 3.8) is 0 Å². The molecule has 2 heterocycles. The monoisotopic (exact) mass is 448 g/mol. The molecule has 33 heavy (non-hydrogen) atoms. The highest BCUT2D eigenvalue weighted by molar-refractivity contribution is 5.93. The fourth-order valence-corrected chi connectivity index (χ4v) is 4.36. The standard InChI is InChI=1S/C26H32N4O3/c1-6-27-24(31)15(2)28-25(32)26(4,5)17-11-12-20-21(13-17)30-23(29-20)14-19-16(3)33-22-10-8-7-9-18(19)22/h7-13,15-16,19H,6,14H2,1-5H3,(H,27,31)(H,28,32)(H,29,30)/t15-,16-,19+/m1/s1. The van der Waals surface area contributed by atoms with E-state index in [1.54, 1.807) is 6.92 Å². The van der Waals surface area contributed by atoms with Gasteiger partial charge in [-0.2, -0.15) is 0 Å². The van der Waals surface area contributed by atoms with Crippen LogP contribution in [0.5, 0.6) is 5.75 Å². The minimum Gasteiger partial charge on any atom is -0.490 e. The zero-order chi connectivity index (χ0) is 23.8. The second kappa shape index (κ2) is 8.89. The number of H-pyrrole nitrogens is 1. The lowest BCUT2D eigenvalue weighted by atomic mass is 9.83. The molecule has 0 bridgehead atoms. The summed E-state index contributed by atoms with van der Waals surface area (Å²) in [6.45, 7) is 9.88. The first-order chi connectivity index (χ1) is 15.7. The number of aromatic amines is 1. The van der Waals surface area contributed by atoms with Crippen molar-refractivity contribution in [3.8, 4) is 5.75 Å². The summed E-state index contributed by atoms with van der Waals surface area (Å²) in [5.41, 5.74) is 3.01. The van der Waals surface area contributed by atoms with Crippen molar-refractivity contribution in [1.29, 1.82) is 0 Å². The number of imidazole rings is 1. The number of benzene rings is 2. The predicted molar refractivity (Wildman–Crippen MR) is 128 cm³/mol. The molecule has 0 fully saturated rings. The molecule has 1 aliphatic rings. The molecule has 0 spiro atoms. The van der Waals surface area contributed by atoms with Gasteiger partial charge in [0, 0.05) is 24.4 Å². The molecular formula is C26H32N4O3. The number of carbonyl (C=O) groups excluding carboxylic acids is 2. The number of aromatic nitrogens is 2. The first-order valence-corrected chi connectivity index (χ1v) is 11.5. The fourth-order valence-electron chi connectivity index (χ4n) is 4.36. The van der Waals surface area contributed by atoms with E-state index in [1.807, 2.05) is 57.2 Å². The van der Waals surface area contributed by atoms with Gasteiger partial charge >= 0.3 is 0 Å². The number of para-hydroxylation sites is 1. The third-order valence-electron chi connectivity index (χ3n) is 6.52. The first kappa shape index (κ1) is 22.8. The number of ether oxygens (including phenoxy) is 1. The Labute approximate surface area is 194 Å². The van der Waals surface area contributed by atoms with E-state index in [0.717, 1.165) is 34.6 Å². The van der Waals surface area contributed by atoms with Crippen LogP contribution >= 0.6 is 0 Å². The molecule has 3 atom stereocenters. The molecule has 2 amide bonds. The van der Waals surface area contributed by atoms with Crippen molar-refractivity contribution in [1.82, 2.24) is 20.6 Å². The van der Waals surface area contributed by atoms with Gasteiger partial charge in [0.25, 0.3) is 0 Å². The lowest BCUT2D eigenvalue weighted by Crippen LogP contribution is -2.50. The Morgan fingerprint density at radius 3 is 2.73 bits per heavy atom. The number of carbonyl (C=O) groups is 2. The maximum Gasteiger partial charge on any atom is 0.242 e. The summed E-state index contributed by atoms with van der Waals surface area (Å²) in [6.07, 6.45) is 0.830. The highest BCUT2D eigenvalue weighted by Crippen LogP contribution is 2.39. The first-order valence-electron chi connectivity index (χ1n) is 11.5. The molecule has 2 aromatic carbocycles. The molecule has 0 saturated carbocycles. The zero-order valence-electron chi connectivity index (χ0n) is 19.9. The number of likely N-dealkylation sites (N-methyl/N-ethyl adjacent to an activating group) is 1. The average molecular weight is 449 g/mol. The number of nitrogens with one attached hydrogen (secondary N) is 3. The summed E-state index contributed by atoms with van der Waals surface area (Å²) in [7, 11) is 0. The van der Waals surface area contributed by atoms with Crippen LogP contribution in [-0.2, 0) is 21.4 Å². The number of rotatable bonds is 7. The van der Waals surface area contributed by atoms with E-state index in [9.17, 15) is 9.59 Å². The van der Waals surface area contributed by atoms with E-state index in [1.165, 1.54) is 5.56 Å². The Hall–Kier alpha value is -3.35. The molecule has 1 aliphatic heterocycles. The van der Waals surface area contributed by atoms with E-state index in [-0.39, 0.29) is 23.8 Å². The van der Waals surface area contributed by atoms with E-state index in [2.05, 4.69) is 28.6 Å². The summed E-state index contributed by atoms with van der Waals surface area (Å²) in [5.74, 6) is 1.68. The van der Waals surface area contributed by atoms with Gasteiger partial charge in [0.15, 0.2) is 0 Å². The minimum atomic E-state index is -0.813. The summed E-state index contributed by atoms with van der Waals surface area (Å²) < 4.78 is 6.00. The van der Waals surface area contributed by atoms with Gasteiger partial charge in [-0.15, -0.1) is 0 Å². The normalized spacial score (nSPS) is 18.5. The van der Waals surface area contributed by atoms with Gasteiger partial charge in [-0.3, -0.25) is 9.59 Å². The van der Waals surface area contributed by atoms with Crippen molar-refractivity contribution in [2.75, 3.05) is 6.54 Å². The summed E-state index contributed by atoms with van der Waals surface area (Å²) in [5, 5.41) is 5.56. The van der Waals surface area contributed by atoms with Crippen molar-refractivity contribution in [2.24, 2.45) is 0 Å². The molecular weight excluding hydrogens is 416 g/mol. The van der Waals surface area contributed by atoms with Crippen LogP contribution in [0.15, 0.2) is 42.5 Å².